The van der Waals surface area contributed by atoms with Gasteiger partial charge in [-0.3, -0.25) is 9.59 Å². The Kier molecular flexibility index (Phi) is 5.19. The number of carboxylic acids is 1. The van der Waals surface area contributed by atoms with E-state index in [1.807, 2.05) is 31.2 Å². The number of rotatable bonds is 6. The number of carbonyl (C=O) groups excluding carboxylic acids is 1. The van der Waals surface area contributed by atoms with Gasteiger partial charge in [0.1, 0.15) is 5.60 Å². The molecule has 0 saturated carbocycles. The van der Waals surface area contributed by atoms with Gasteiger partial charge in [0.25, 0.3) is 5.91 Å². The summed E-state index contributed by atoms with van der Waals surface area (Å²) in [5.41, 5.74) is 1.24. The van der Waals surface area contributed by atoms with Gasteiger partial charge in [-0.15, -0.1) is 0 Å². The van der Waals surface area contributed by atoms with Gasteiger partial charge in [0.15, 0.2) is 0 Å². The van der Waals surface area contributed by atoms with Crippen molar-refractivity contribution >= 4 is 11.9 Å². The summed E-state index contributed by atoms with van der Waals surface area (Å²) in [7, 11) is 0. The molecule has 1 fully saturated rings. The molecule has 120 valence electrons. The molecule has 1 amide bonds. The van der Waals surface area contributed by atoms with E-state index in [2.05, 4.69) is 5.32 Å². The molecular formula is C17H23NO4. The third-order valence-corrected chi connectivity index (χ3v) is 4.28. The fourth-order valence-electron chi connectivity index (χ4n) is 2.71. The van der Waals surface area contributed by atoms with Crippen LogP contribution in [0.1, 0.15) is 30.9 Å². The molecule has 1 saturated heterocycles. The van der Waals surface area contributed by atoms with E-state index in [0.717, 1.165) is 17.5 Å². The van der Waals surface area contributed by atoms with E-state index in [1.165, 1.54) is 0 Å². The SMILES string of the molecule is Cc1ccccc1CC(CNC(=O)C1(C)CCCO1)C(=O)O. The minimum atomic E-state index is -0.902. The zero-order chi connectivity index (χ0) is 16.2. The predicted molar refractivity (Wildman–Crippen MR) is 82.6 cm³/mol. The van der Waals surface area contributed by atoms with E-state index < -0.39 is 17.5 Å². The molecule has 22 heavy (non-hydrogen) atoms. The van der Waals surface area contributed by atoms with Crippen molar-refractivity contribution in [3.05, 3.63) is 35.4 Å². The van der Waals surface area contributed by atoms with E-state index >= 15 is 0 Å². The van der Waals surface area contributed by atoms with Gasteiger partial charge in [-0.05, 0) is 44.2 Å². The minimum absolute atomic E-state index is 0.113. The van der Waals surface area contributed by atoms with Gasteiger partial charge in [0.2, 0.25) is 0 Å². The topological polar surface area (TPSA) is 75.6 Å². The number of carbonyl (C=O) groups is 2. The van der Waals surface area contributed by atoms with Crippen molar-refractivity contribution < 1.29 is 19.4 Å². The molecule has 2 atom stereocenters. The van der Waals surface area contributed by atoms with Crippen LogP contribution in [0.15, 0.2) is 24.3 Å². The highest BCUT2D eigenvalue weighted by atomic mass is 16.5. The number of aliphatic carboxylic acids is 1. The second-order valence-corrected chi connectivity index (χ2v) is 6.06. The van der Waals surface area contributed by atoms with Gasteiger partial charge in [-0.1, -0.05) is 24.3 Å². The number of nitrogens with one attached hydrogen (secondary N) is 1. The van der Waals surface area contributed by atoms with Gasteiger partial charge < -0.3 is 15.2 Å². The van der Waals surface area contributed by atoms with Crippen molar-refractivity contribution in [1.82, 2.24) is 5.32 Å². The Balaban J connectivity index is 1.96. The monoisotopic (exact) mass is 305 g/mol. The first-order chi connectivity index (χ1) is 10.4. The van der Waals surface area contributed by atoms with Gasteiger partial charge >= 0.3 is 5.97 Å². The third kappa shape index (κ3) is 3.85. The summed E-state index contributed by atoms with van der Waals surface area (Å²) in [6, 6.07) is 7.70. The Morgan fingerprint density at radius 3 is 2.73 bits per heavy atom. The number of carboxylic acid groups (broad SMARTS) is 1. The molecule has 0 aliphatic carbocycles. The Labute approximate surface area is 130 Å². The van der Waals surface area contributed by atoms with Crippen molar-refractivity contribution in [3.63, 3.8) is 0 Å². The molecule has 0 aromatic heterocycles. The van der Waals surface area contributed by atoms with Crippen molar-refractivity contribution in [3.8, 4) is 0 Å². The van der Waals surface area contributed by atoms with Gasteiger partial charge in [-0.2, -0.15) is 0 Å². The van der Waals surface area contributed by atoms with Gasteiger partial charge in [-0.25, -0.2) is 0 Å². The van der Waals surface area contributed by atoms with Crippen LogP contribution in [0.5, 0.6) is 0 Å². The third-order valence-electron chi connectivity index (χ3n) is 4.28. The fourth-order valence-corrected chi connectivity index (χ4v) is 2.71. The number of ether oxygens (including phenoxy) is 1. The predicted octanol–water partition coefficient (Wildman–Crippen LogP) is 1.92. The average Bonchev–Trinajstić information content (AvgIpc) is 2.92. The summed E-state index contributed by atoms with van der Waals surface area (Å²) in [5, 5.41) is 12.1. The smallest absolute Gasteiger partial charge is 0.308 e. The summed E-state index contributed by atoms with van der Waals surface area (Å²) < 4.78 is 5.47. The lowest BCUT2D eigenvalue weighted by Gasteiger charge is -2.23. The molecule has 0 bridgehead atoms. The number of benzene rings is 1. The first kappa shape index (κ1) is 16.5. The van der Waals surface area contributed by atoms with E-state index in [0.29, 0.717) is 19.4 Å². The maximum atomic E-state index is 12.2. The molecule has 1 aromatic rings. The highest BCUT2D eigenvalue weighted by Crippen LogP contribution is 2.25. The normalized spacial score (nSPS) is 22.3. The van der Waals surface area contributed by atoms with Crippen LogP contribution in [-0.4, -0.2) is 35.7 Å². The standard InChI is InChI=1S/C17H23NO4/c1-12-6-3-4-7-13(12)10-14(15(19)20)11-18-16(21)17(2)8-5-9-22-17/h3-4,6-7,14H,5,8-11H2,1-2H3,(H,18,21)(H,19,20). The first-order valence-corrected chi connectivity index (χ1v) is 7.62. The van der Waals surface area contributed by atoms with Crippen LogP contribution < -0.4 is 5.32 Å². The molecule has 5 heteroatoms. The van der Waals surface area contributed by atoms with Crippen LogP contribution in [0.25, 0.3) is 0 Å². The van der Waals surface area contributed by atoms with Crippen molar-refractivity contribution in [1.29, 1.82) is 0 Å². The first-order valence-electron chi connectivity index (χ1n) is 7.62. The highest BCUT2D eigenvalue weighted by molar-refractivity contribution is 5.85. The van der Waals surface area contributed by atoms with Crippen LogP contribution in [0.3, 0.4) is 0 Å². The Hall–Kier alpha value is -1.88. The molecule has 0 spiro atoms. The van der Waals surface area contributed by atoms with E-state index in [-0.39, 0.29) is 12.5 Å². The molecule has 0 radical (unpaired) electrons. The number of amides is 1. The van der Waals surface area contributed by atoms with E-state index in [4.69, 9.17) is 4.74 Å². The summed E-state index contributed by atoms with van der Waals surface area (Å²) >= 11 is 0. The molecule has 2 unspecified atom stereocenters. The molecule has 2 rings (SSSR count). The average molecular weight is 305 g/mol. The Morgan fingerprint density at radius 2 is 2.14 bits per heavy atom. The lowest BCUT2D eigenvalue weighted by Crippen LogP contribution is -2.46. The van der Waals surface area contributed by atoms with Gasteiger partial charge in [0.05, 0.1) is 5.92 Å². The summed E-state index contributed by atoms with van der Waals surface area (Å²) in [4.78, 5) is 23.6. The minimum Gasteiger partial charge on any atom is -0.481 e. The second-order valence-electron chi connectivity index (χ2n) is 6.06. The van der Waals surface area contributed by atoms with E-state index in [1.54, 1.807) is 6.92 Å². The lowest BCUT2D eigenvalue weighted by atomic mass is 9.95. The number of hydrogen-bond acceptors (Lipinski definition) is 3. The number of hydrogen-bond donors (Lipinski definition) is 2. The van der Waals surface area contributed by atoms with Crippen molar-refractivity contribution in [2.45, 2.75) is 38.7 Å². The maximum Gasteiger partial charge on any atom is 0.308 e. The fraction of sp³-hybridized carbons (Fsp3) is 0.529. The maximum absolute atomic E-state index is 12.2. The molecule has 1 heterocycles. The van der Waals surface area contributed by atoms with Crippen LogP contribution in [0, 0.1) is 12.8 Å². The largest absolute Gasteiger partial charge is 0.481 e. The van der Waals surface area contributed by atoms with Crippen LogP contribution in [-0.2, 0) is 20.7 Å². The Bertz CT molecular complexity index is 549. The number of aryl methyl sites for hydroxylation is 1. The molecular weight excluding hydrogens is 282 g/mol. The molecule has 2 N–H and O–H groups in total. The second kappa shape index (κ2) is 6.92. The zero-order valence-corrected chi connectivity index (χ0v) is 13.1. The van der Waals surface area contributed by atoms with Crippen molar-refractivity contribution in [2.24, 2.45) is 5.92 Å². The molecule has 5 nitrogen and oxygen atoms in total. The summed E-state index contributed by atoms with van der Waals surface area (Å²) in [6.45, 7) is 4.41. The molecule has 1 aliphatic rings. The summed E-state index contributed by atoms with van der Waals surface area (Å²) in [5.74, 6) is -1.77. The van der Waals surface area contributed by atoms with Crippen LogP contribution in [0.2, 0.25) is 0 Å². The molecule has 1 aromatic carbocycles. The summed E-state index contributed by atoms with van der Waals surface area (Å²) in [6.07, 6.45) is 1.93. The van der Waals surface area contributed by atoms with Gasteiger partial charge in [0, 0.05) is 13.2 Å². The van der Waals surface area contributed by atoms with E-state index in [9.17, 15) is 14.7 Å². The van der Waals surface area contributed by atoms with Crippen LogP contribution in [0.4, 0.5) is 0 Å². The zero-order valence-electron chi connectivity index (χ0n) is 13.1. The van der Waals surface area contributed by atoms with Crippen molar-refractivity contribution in [2.75, 3.05) is 13.2 Å². The molecule has 1 aliphatic heterocycles. The lowest BCUT2D eigenvalue weighted by molar-refractivity contribution is -0.143. The Morgan fingerprint density at radius 1 is 1.41 bits per heavy atom. The van der Waals surface area contributed by atoms with Crippen LogP contribution >= 0.6 is 0 Å². The highest BCUT2D eigenvalue weighted by Gasteiger charge is 2.38. The quantitative estimate of drug-likeness (QED) is 0.842.